The number of para-hydroxylation sites is 1. The van der Waals surface area contributed by atoms with Crippen LogP contribution in [-0.2, 0) is 26.5 Å². The predicted molar refractivity (Wildman–Crippen MR) is 82.5 cm³/mol. The van der Waals surface area contributed by atoms with Gasteiger partial charge in [0.2, 0.25) is 0 Å². The third-order valence-corrected chi connectivity index (χ3v) is 1.49. The van der Waals surface area contributed by atoms with Gasteiger partial charge in [-0.05, 0) is 5.75 Å². The molecule has 1 aromatic rings. The van der Waals surface area contributed by atoms with E-state index < -0.39 is 0 Å². The van der Waals surface area contributed by atoms with E-state index >= 15 is 0 Å². The molecule has 0 saturated heterocycles. The maximum atomic E-state index is 9.63. The fraction of sp³-hybridized carbons (Fsp3) is 0.0769. The second-order valence-corrected chi connectivity index (χ2v) is 2.50. The molecule has 0 unspecified atom stereocenters. The molecule has 0 N–H and O–H groups in total. The van der Waals surface area contributed by atoms with E-state index in [0.29, 0.717) is 5.75 Å². The summed E-state index contributed by atoms with van der Waals surface area (Å²) in [7, 11) is 0. The average molecular weight is 358 g/mol. The summed E-state index contributed by atoms with van der Waals surface area (Å²) in [6.07, 6.45) is 10.0. The zero-order valence-electron chi connectivity index (χ0n) is 10.4. The quantitative estimate of drug-likeness (QED) is 0.586. The van der Waals surface area contributed by atoms with Crippen molar-refractivity contribution in [1.82, 2.24) is 0 Å². The molecule has 0 bridgehead atoms. The Kier molecular flexibility index (Phi) is 37.7. The van der Waals surface area contributed by atoms with Crippen molar-refractivity contribution in [2.45, 2.75) is 6.42 Å². The summed E-state index contributed by atoms with van der Waals surface area (Å²) in [5, 5.41) is 0. The number of benzene rings is 1. The number of ether oxygens (including phenoxy) is 1. The third-order valence-electron chi connectivity index (χ3n) is 1.49. The van der Waals surface area contributed by atoms with E-state index in [-0.39, 0.29) is 66.4 Å². The van der Waals surface area contributed by atoms with Crippen molar-refractivity contribution in [1.29, 1.82) is 0 Å². The largest absolute Gasteiger partial charge is 3.00 e. The number of hydrogen-bond donors (Lipinski definition) is 0. The Morgan fingerprint density at radius 3 is 2.00 bits per heavy atom. The van der Waals surface area contributed by atoms with E-state index in [0.717, 1.165) is 6.42 Å². The molecule has 6 heteroatoms. The van der Waals surface area contributed by atoms with Gasteiger partial charge >= 0.3 is 21.7 Å². The molecule has 1 radical (unpaired) electrons. The second-order valence-electron chi connectivity index (χ2n) is 2.50. The molecule has 2 nitrogen and oxygen atoms in total. The molecule has 0 saturated carbocycles. The van der Waals surface area contributed by atoms with Crippen LogP contribution < -0.4 is 4.74 Å². The minimum Gasteiger partial charge on any atom is -0.610 e. The van der Waals surface area contributed by atoms with Gasteiger partial charge in [-0.25, -0.2) is 12.2 Å². The molecule has 1 aliphatic carbocycles. The van der Waals surface area contributed by atoms with Gasteiger partial charge in [0.15, 0.2) is 6.47 Å². The predicted octanol–water partition coefficient (Wildman–Crippen LogP) is 4.15. The van der Waals surface area contributed by atoms with E-state index in [1.54, 1.807) is 24.3 Å². The maximum absolute atomic E-state index is 9.63. The Bertz CT molecular complexity index is 320. The fourth-order valence-electron chi connectivity index (χ4n) is 0.877. The molecule has 19 heavy (non-hydrogen) atoms. The van der Waals surface area contributed by atoms with Crippen molar-refractivity contribution in [3.63, 3.8) is 0 Å². The van der Waals surface area contributed by atoms with Crippen LogP contribution in [0.3, 0.4) is 0 Å². The maximum Gasteiger partial charge on any atom is 3.00 e. The molecule has 0 amide bonds. The van der Waals surface area contributed by atoms with E-state index in [2.05, 4.69) is 16.9 Å². The van der Waals surface area contributed by atoms with Crippen LogP contribution in [0.1, 0.15) is 6.42 Å². The molecule has 0 heterocycles. The smallest absolute Gasteiger partial charge is 0.610 e. The second kappa shape index (κ2) is 22.9. The molecular formula is C13H16Cl3O2Ti. The summed E-state index contributed by atoms with van der Waals surface area (Å²) >= 11 is 0. The van der Waals surface area contributed by atoms with Crippen LogP contribution in [0, 0.1) is 13.5 Å². The standard InChI is InChI=1S/C7H5O2.C5H5.CH3.3ClH.Ti/c8-6-9-7-4-2-1-3-5-7;1-2-4-5-3-1;;;;;/h1-5H;1-3H,4H2;1H3;3*1H;/q3*-1;;;;+3. The first-order valence-electron chi connectivity index (χ1n) is 4.24. The minimum absolute atomic E-state index is 0. The minimum atomic E-state index is 0. The van der Waals surface area contributed by atoms with Crippen LogP contribution in [0.5, 0.6) is 5.75 Å². The Hall–Kier alpha value is -0.246. The first-order valence-corrected chi connectivity index (χ1v) is 4.24. The van der Waals surface area contributed by atoms with Crippen molar-refractivity contribution in [3.05, 3.63) is 62.1 Å². The number of carbonyl (C=O) groups excluding carboxylic acids is 1. The number of hydrogen-bond acceptors (Lipinski definition) is 2. The van der Waals surface area contributed by atoms with Crippen molar-refractivity contribution in [2.75, 3.05) is 0 Å². The molecule has 0 aliphatic heterocycles. The zero-order chi connectivity index (χ0) is 10.1. The fourth-order valence-corrected chi connectivity index (χ4v) is 0.877. The summed E-state index contributed by atoms with van der Waals surface area (Å²) in [4.78, 5) is 9.63. The monoisotopic (exact) mass is 357 g/mol. The molecule has 0 atom stereocenters. The Balaban J connectivity index is -0.0000000587. The van der Waals surface area contributed by atoms with Gasteiger partial charge in [0, 0.05) is 0 Å². The van der Waals surface area contributed by atoms with Crippen LogP contribution in [0.15, 0.2) is 48.6 Å². The molecule has 0 fully saturated rings. The third kappa shape index (κ3) is 17.8. The normalized spacial score (nSPS) is 8.63. The number of allylic oxidation sites excluding steroid dienone is 4. The molecule has 1 aliphatic rings. The van der Waals surface area contributed by atoms with E-state index in [1.165, 1.54) is 6.47 Å². The van der Waals surface area contributed by atoms with Crippen LogP contribution in [0.4, 0.5) is 0 Å². The van der Waals surface area contributed by atoms with E-state index in [1.807, 2.05) is 18.2 Å². The Labute approximate surface area is 148 Å². The Morgan fingerprint density at radius 1 is 1.11 bits per heavy atom. The van der Waals surface area contributed by atoms with Gasteiger partial charge in [-0.1, -0.05) is 18.2 Å². The molecule has 105 valence electrons. The van der Waals surface area contributed by atoms with Gasteiger partial charge in [0.25, 0.3) is 0 Å². The Morgan fingerprint density at radius 2 is 1.68 bits per heavy atom. The molecule has 0 aromatic heterocycles. The first kappa shape index (κ1) is 31.2. The van der Waals surface area contributed by atoms with E-state index in [4.69, 9.17) is 0 Å². The summed E-state index contributed by atoms with van der Waals surface area (Å²) in [6.45, 7) is 1.33. The molecule has 0 spiro atoms. The van der Waals surface area contributed by atoms with Gasteiger partial charge in [-0.15, -0.1) is 55.8 Å². The van der Waals surface area contributed by atoms with E-state index in [9.17, 15) is 4.79 Å². The van der Waals surface area contributed by atoms with Gasteiger partial charge in [-0.3, -0.25) is 6.08 Å². The summed E-state index contributed by atoms with van der Waals surface area (Å²) in [5.41, 5.74) is 0. The van der Waals surface area contributed by atoms with Crippen molar-refractivity contribution in [2.24, 2.45) is 0 Å². The van der Waals surface area contributed by atoms with Crippen LogP contribution in [0.2, 0.25) is 0 Å². The van der Waals surface area contributed by atoms with Gasteiger partial charge in [0.1, 0.15) is 0 Å². The zero-order valence-corrected chi connectivity index (χ0v) is 14.4. The van der Waals surface area contributed by atoms with Crippen molar-refractivity contribution in [3.8, 4) is 5.75 Å². The van der Waals surface area contributed by atoms with Gasteiger partial charge in [-0.2, -0.15) is 6.08 Å². The summed E-state index contributed by atoms with van der Waals surface area (Å²) in [5.74, 6) is 0.521. The molecule has 2 rings (SSSR count). The van der Waals surface area contributed by atoms with Crippen molar-refractivity contribution >= 4 is 43.7 Å². The van der Waals surface area contributed by atoms with Gasteiger partial charge in [0.05, 0.1) is 0 Å². The number of rotatable bonds is 2. The van der Waals surface area contributed by atoms with Crippen LogP contribution in [-0.4, -0.2) is 6.47 Å². The topological polar surface area (TPSA) is 26.3 Å². The SMILES string of the molecule is Cl.Cl.Cl.O=[C-]Oc1ccccc1.[C-]1=CC=CC1.[CH3-].[Ti+3]. The molecular weight excluding hydrogens is 342 g/mol. The van der Waals surface area contributed by atoms with Crippen LogP contribution >= 0.6 is 37.2 Å². The summed E-state index contributed by atoms with van der Waals surface area (Å²) < 4.78 is 4.40. The summed E-state index contributed by atoms with van der Waals surface area (Å²) in [6, 6.07) is 8.78. The first-order chi connectivity index (χ1) is 6.93. The van der Waals surface area contributed by atoms with Crippen molar-refractivity contribution < 1.29 is 31.2 Å². The molecule has 1 aromatic carbocycles. The number of halogens is 3. The van der Waals surface area contributed by atoms with Crippen LogP contribution in [0.25, 0.3) is 0 Å². The van der Waals surface area contributed by atoms with Gasteiger partial charge < -0.3 is 17.0 Å². The average Bonchev–Trinajstić information content (AvgIpc) is 2.78.